The molecular formula is C15H22N2O4S. The molecule has 22 heavy (non-hydrogen) atoms. The predicted octanol–water partition coefficient (Wildman–Crippen LogP) is 1.11. The first-order valence-electron chi connectivity index (χ1n) is 7.36. The number of amides is 2. The number of urea groups is 1. The smallest absolute Gasteiger partial charge is 0.314 e. The SMILES string of the molecule is Cc1cccc(OCCNC(=O)NC[C@@H]2CCS(=O)(=O)C2)c1. The zero-order valence-corrected chi connectivity index (χ0v) is 13.5. The number of carbonyl (C=O) groups excluding carboxylic acids is 1. The molecule has 1 saturated heterocycles. The molecule has 2 rings (SSSR count). The monoisotopic (exact) mass is 326 g/mol. The molecule has 0 aliphatic carbocycles. The third kappa shape index (κ3) is 5.55. The topological polar surface area (TPSA) is 84.5 Å². The van der Waals surface area contributed by atoms with Crippen molar-refractivity contribution in [3.8, 4) is 5.75 Å². The number of hydrogen-bond donors (Lipinski definition) is 2. The van der Waals surface area contributed by atoms with E-state index in [4.69, 9.17) is 4.74 Å². The van der Waals surface area contributed by atoms with E-state index in [-0.39, 0.29) is 23.5 Å². The van der Waals surface area contributed by atoms with Gasteiger partial charge in [-0.05, 0) is 37.0 Å². The molecule has 7 heteroatoms. The number of rotatable bonds is 6. The van der Waals surface area contributed by atoms with Crippen LogP contribution >= 0.6 is 0 Å². The maximum absolute atomic E-state index is 11.6. The van der Waals surface area contributed by atoms with Gasteiger partial charge in [0.15, 0.2) is 9.84 Å². The van der Waals surface area contributed by atoms with E-state index in [2.05, 4.69) is 10.6 Å². The van der Waals surface area contributed by atoms with Crippen LogP contribution in [0.1, 0.15) is 12.0 Å². The Kier molecular flexibility index (Phi) is 5.65. The standard InChI is InChI=1S/C15H22N2O4S/c1-12-3-2-4-14(9-12)21-7-6-16-15(18)17-10-13-5-8-22(19,20)11-13/h2-4,9,13H,5-8,10-11H2,1H3,(H2,16,17,18)/t13-/m0/s1. The quantitative estimate of drug-likeness (QED) is 0.767. The van der Waals surface area contributed by atoms with Gasteiger partial charge in [-0.2, -0.15) is 0 Å². The average Bonchev–Trinajstić information content (AvgIpc) is 2.81. The molecule has 6 nitrogen and oxygen atoms in total. The Bertz CT molecular complexity index is 616. The van der Waals surface area contributed by atoms with Gasteiger partial charge in [0.2, 0.25) is 0 Å². The second-order valence-corrected chi connectivity index (χ2v) is 7.80. The molecule has 1 fully saturated rings. The van der Waals surface area contributed by atoms with Crippen molar-refractivity contribution in [2.24, 2.45) is 5.92 Å². The van der Waals surface area contributed by atoms with Crippen LogP contribution in [0.5, 0.6) is 5.75 Å². The molecule has 0 saturated carbocycles. The van der Waals surface area contributed by atoms with Gasteiger partial charge in [-0.25, -0.2) is 13.2 Å². The van der Waals surface area contributed by atoms with Gasteiger partial charge in [-0.3, -0.25) is 0 Å². The van der Waals surface area contributed by atoms with E-state index >= 15 is 0 Å². The van der Waals surface area contributed by atoms with E-state index in [9.17, 15) is 13.2 Å². The Balaban J connectivity index is 1.58. The number of hydrogen-bond acceptors (Lipinski definition) is 4. The first-order chi connectivity index (χ1) is 10.4. The Morgan fingerprint density at radius 2 is 2.18 bits per heavy atom. The van der Waals surface area contributed by atoms with Crippen LogP contribution in [-0.2, 0) is 9.84 Å². The number of benzene rings is 1. The maximum atomic E-state index is 11.6. The summed E-state index contributed by atoms with van der Waals surface area (Å²) in [5, 5.41) is 5.39. The van der Waals surface area contributed by atoms with E-state index < -0.39 is 9.84 Å². The van der Waals surface area contributed by atoms with Gasteiger partial charge in [0.1, 0.15) is 12.4 Å². The normalized spacial score (nSPS) is 19.6. The van der Waals surface area contributed by atoms with Crippen molar-refractivity contribution in [1.29, 1.82) is 0 Å². The first-order valence-corrected chi connectivity index (χ1v) is 9.18. The largest absolute Gasteiger partial charge is 0.492 e. The fraction of sp³-hybridized carbons (Fsp3) is 0.533. The van der Waals surface area contributed by atoms with Crippen LogP contribution in [0.15, 0.2) is 24.3 Å². The van der Waals surface area contributed by atoms with Crippen molar-refractivity contribution < 1.29 is 17.9 Å². The Morgan fingerprint density at radius 3 is 2.86 bits per heavy atom. The average molecular weight is 326 g/mol. The van der Waals surface area contributed by atoms with Gasteiger partial charge in [-0.15, -0.1) is 0 Å². The third-order valence-corrected chi connectivity index (χ3v) is 5.36. The van der Waals surface area contributed by atoms with Crippen LogP contribution in [0.4, 0.5) is 4.79 Å². The lowest BCUT2D eigenvalue weighted by atomic mass is 10.1. The van der Waals surface area contributed by atoms with Crippen molar-refractivity contribution >= 4 is 15.9 Å². The highest BCUT2D eigenvalue weighted by Crippen LogP contribution is 2.17. The van der Waals surface area contributed by atoms with Gasteiger partial charge in [0.25, 0.3) is 0 Å². The summed E-state index contributed by atoms with van der Waals surface area (Å²) in [6, 6.07) is 7.41. The molecule has 1 atom stereocenters. The van der Waals surface area contributed by atoms with Gasteiger partial charge in [0.05, 0.1) is 18.1 Å². The van der Waals surface area contributed by atoms with Crippen LogP contribution < -0.4 is 15.4 Å². The number of aryl methyl sites for hydroxylation is 1. The predicted molar refractivity (Wildman–Crippen MR) is 84.8 cm³/mol. The lowest BCUT2D eigenvalue weighted by molar-refractivity contribution is 0.235. The molecule has 1 heterocycles. The van der Waals surface area contributed by atoms with Gasteiger partial charge < -0.3 is 15.4 Å². The maximum Gasteiger partial charge on any atom is 0.314 e. The second-order valence-electron chi connectivity index (χ2n) is 5.57. The molecule has 2 N–H and O–H groups in total. The summed E-state index contributed by atoms with van der Waals surface area (Å²) in [4.78, 5) is 11.6. The molecule has 122 valence electrons. The molecule has 1 aromatic rings. The van der Waals surface area contributed by atoms with Crippen molar-refractivity contribution in [2.75, 3.05) is 31.2 Å². The van der Waals surface area contributed by atoms with Crippen LogP contribution in [0.3, 0.4) is 0 Å². The van der Waals surface area contributed by atoms with Crippen molar-refractivity contribution in [1.82, 2.24) is 10.6 Å². The number of sulfone groups is 1. The molecule has 0 radical (unpaired) electrons. The van der Waals surface area contributed by atoms with E-state index in [0.717, 1.165) is 11.3 Å². The molecule has 0 unspecified atom stereocenters. The third-order valence-electron chi connectivity index (χ3n) is 3.52. The summed E-state index contributed by atoms with van der Waals surface area (Å²) in [6.07, 6.45) is 0.624. The Labute approximate surface area is 131 Å². The summed E-state index contributed by atoms with van der Waals surface area (Å²) in [5.74, 6) is 1.20. The van der Waals surface area contributed by atoms with Crippen LogP contribution in [0.2, 0.25) is 0 Å². The van der Waals surface area contributed by atoms with Crippen molar-refractivity contribution in [3.63, 3.8) is 0 Å². The second kappa shape index (κ2) is 7.49. The minimum absolute atomic E-state index is 0.0271. The van der Waals surface area contributed by atoms with E-state index in [1.165, 1.54) is 0 Å². The van der Waals surface area contributed by atoms with Crippen molar-refractivity contribution in [2.45, 2.75) is 13.3 Å². The van der Waals surface area contributed by atoms with E-state index in [0.29, 0.717) is 26.1 Å². The van der Waals surface area contributed by atoms with Crippen LogP contribution in [0.25, 0.3) is 0 Å². The van der Waals surface area contributed by atoms with E-state index in [1.807, 2.05) is 31.2 Å². The number of carbonyl (C=O) groups is 1. The number of nitrogens with one attached hydrogen (secondary N) is 2. The zero-order chi connectivity index (χ0) is 16.0. The number of ether oxygens (including phenoxy) is 1. The van der Waals surface area contributed by atoms with Crippen LogP contribution in [0, 0.1) is 12.8 Å². The van der Waals surface area contributed by atoms with Gasteiger partial charge in [-0.1, -0.05) is 12.1 Å². The summed E-state index contributed by atoms with van der Waals surface area (Å²) < 4.78 is 28.1. The summed E-state index contributed by atoms with van der Waals surface area (Å²) in [5.41, 5.74) is 1.12. The van der Waals surface area contributed by atoms with Gasteiger partial charge in [0, 0.05) is 6.54 Å². The zero-order valence-electron chi connectivity index (χ0n) is 12.7. The van der Waals surface area contributed by atoms with Crippen molar-refractivity contribution in [3.05, 3.63) is 29.8 Å². The summed E-state index contributed by atoms with van der Waals surface area (Å²) >= 11 is 0. The molecule has 1 aromatic carbocycles. The molecule has 2 amide bonds. The highest BCUT2D eigenvalue weighted by atomic mass is 32.2. The highest BCUT2D eigenvalue weighted by molar-refractivity contribution is 7.91. The fourth-order valence-corrected chi connectivity index (χ4v) is 4.23. The molecule has 1 aliphatic rings. The lowest BCUT2D eigenvalue weighted by Gasteiger charge is -2.11. The Hall–Kier alpha value is -1.76. The molecule has 0 aromatic heterocycles. The molecular weight excluding hydrogens is 304 g/mol. The van der Waals surface area contributed by atoms with Crippen LogP contribution in [-0.4, -0.2) is 45.7 Å². The molecule has 1 aliphatic heterocycles. The van der Waals surface area contributed by atoms with E-state index in [1.54, 1.807) is 0 Å². The minimum atomic E-state index is -2.89. The van der Waals surface area contributed by atoms with Gasteiger partial charge >= 0.3 is 6.03 Å². The highest BCUT2D eigenvalue weighted by Gasteiger charge is 2.27. The lowest BCUT2D eigenvalue weighted by Crippen LogP contribution is -2.40. The minimum Gasteiger partial charge on any atom is -0.492 e. The first kappa shape index (κ1) is 16.6. The summed E-state index contributed by atoms with van der Waals surface area (Å²) in [7, 11) is -2.89. The fourth-order valence-electron chi connectivity index (χ4n) is 2.37. The Morgan fingerprint density at radius 1 is 1.36 bits per heavy atom. The molecule has 0 bridgehead atoms. The summed E-state index contributed by atoms with van der Waals surface area (Å²) in [6.45, 7) is 3.16. The molecule has 0 spiro atoms.